The van der Waals surface area contributed by atoms with E-state index in [2.05, 4.69) is 5.32 Å². The maximum absolute atomic E-state index is 12.9. The molecule has 2 rings (SSSR count). The van der Waals surface area contributed by atoms with Crippen LogP contribution in [0.5, 0.6) is 0 Å². The van der Waals surface area contributed by atoms with Crippen molar-refractivity contribution in [1.82, 2.24) is 9.62 Å². The quantitative estimate of drug-likeness (QED) is 0.899. The van der Waals surface area contributed by atoms with Gasteiger partial charge in [-0.2, -0.15) is 9.57 Å². The monoisotopic (exact) mass is 307 g/mol. The third kappa shape index (κ3) is 3.43. The number of hydrogen-bond donors (Lipinski definition) is 1. The van der Waals surface area contributed by atoms with Crippen LogP contribution in [0.25, 0.3) is 0 Å². The fourth-order valence-corrected chi connectivity index (χ4v) is 4.60. The Morgan fingerprint density at radius 2 is 2.19 bits per heavy atom. The van der Waals surface area contributed by atoms with Gasteiger partial charge < -0.3 is 5.32 Å². The lowest BCUT2D eigenvalue weighted by atomic mass is 10.1. The maximum Gasteiger partial charge on any atom is 0.244 e. The Hall–Kier alpha value is -1.42. The second-order valence-electron chi connectivity index (χ2n) is 5.22. The van der Waals surface area contributed by atoms with Gasteiger partial charge in [-0.05, 0) is 37.9 Å². The Bertz CT molecular complexity index is 616. The van der Waals surface area contributed by atoms with Gasteiger partial charge in [-0.3, -0.25) is 0 Å². The molecule has 0 aromatic heterocycles. The predicted octanol–water partition coefficient (Wildman–Crippen LogP) is 1.71. The molecule has 0 bridgehead atoms. The van der Waals surface area contributed by atoms with Crippen LogP contribution in [0.15, 0.2) is 29.2 Å². The van der Waals surface area contributed by atoms with Crippen LogP contribution in [-0.2, 0) is 10.0 Å². The van der Waals surface area contributed by atoms with E-state index < -0.39 is 10.0 Å². The van der Waals surface area contributed by atoms with Crippen LogP contribution in [0.4, 0.5) is 0 Å². The molecule has 0 aliphatic carbocycles. The molecule has 0 radical (unpaired) electrons. The number of piperidine rings is 1. The second-order valence-corrected chi connectivity index (χ2v) is 7.08. The summed E-state index contributed by atoms with van der Waals surface area (Å²) in [6.07, 6.45) is 2.59. The largest absolute Gasteiger partial charge is 0.315 e. The second kappa shape index (κ2) is 7.03. The van der Waals surface area contributed by atoms with Crippen molar-refractivity contribution in [2.24, 2.45) is 0 Å². The molecule has 0 spiro atoms. The summed E-state index contributed by atoms with van der Waals surface area (Å²) in [5, 5.41) is 12.4. The van der Waals surface area contributed by atoms with Gasteiger partial charge in [0, 0.05) is 19.1 Å². The fraction of sp³-hybridized carbons (Fsp3) is 0.533. The number of nitrogens with zero attached hydrogens (tertiary/aromatic N) is 2. The highest BCUT2D eigenvalue weighted by Gasteiger charge is 2.33. The van der Waals surface area contributed by atoms with E-state index in [9.17, 15) is 8.42 Å². The lowest BCUT2D eigenvalue weighted by Crippen LogP contribution is -2.49. The van der Waals surface area contributed by atoms with Crippen molar-refractivity contribution in [3.05, 3.63) is 29.8 Å². The van der Waals surface area contributed by atoms with Crippen LogP contribution in [-0.4, -0.2) is 38.4 Å². The van der Waals surface area contributed by atoms with E-state index in [0.29, 0.717) is 13.1 Å². The molecule has 21 heavy (non-hydrogen) atoms. The van der Waals surface area contributed by atoms with Crippen molar-refractivity contribution in [1.29, 1.82) is 5.26 Å². The van der Waals surface area contributed by atoms with Crippen LogP contribution in [0, 0.1) is 11.3 Å². The van der Waals surface area contributed by atoms with Crippen molar-refractivity contribution >= 4 is 10.0 Å². The molecule has 1 aromatic rings. The van der Waals surface area contributed by atoms with Gasteiger partial charge in [-0.1, -0.05) is 19.1 Å². The third-order valence-corrected chi connectivity index (χ3v) is 5.73. The van der Waals surface area contributed by atoms with Crippen molar-refractivity contribution in [2.75, 3.05) is 19.6 Å². The first-order valence-corrected chi connectivity index (χ1v) is 8.77. The molecule has 1 heterocycles. The molecule has 1 fully saturated rings. The highest BCUT2D eigenvalue weighted by Crippen LogP contribution is 2.24. The average molecular weight is 307 g/mol. The summed E-state index contributed by atoms with van der Waals surface area (Å²) in [5.74, 6) is 0. The molecule has 1 aliphatic heterocycles. The molecule has 5 nitrogen and oxygen atoms in total. The van der Waals surface area contributed by atoms with Crippen molar-refractivity contribution < 1.29 is 8.42 Å². The topological polar surface area (TPSA) is 73.2 Å². The number of benzene rings is 1. The molecule has 1 saturated heterocycles. The fourth-order valence-electron chi connectivity index (χ4n) is 2.71. The molecule has 114 valence electrons. The van der Waals surface area contributed by atoms with Gasteiger partial charge in [0.1, 0.15) is 6.07 Å². The Morgan fingerprint density at radius 1 is 1.43 bits per heavy atom. The third-order valence-electron chi connectivity index (χ3n) is 3.72. The Kier molecular flexibility index (Phi) is 5.34. The number of nitriles is 1. The number of nitrogens with one attached hydrogen (secondary N) is 1. The number of hydrogen-bond acceptors (Lipinski definition) is 4. The van der Waals surface area contributed by atoms with Gasteiger partial charge in [0.2, 0.25) is 10.0 Å². The summed E-state index contributed by atoms with van der Waals surface area (Å²) < 4.78 is 27.5. The molecular weight excluding hydrogens is 286 g/mol. The molecule has 6 heteroatoms. The van der Waals surface area contributed by atoms with Crippen molar-refractivity contribution in [2.45, 2.75) is 37.1 Å². The summed E-state index contributed by atoms with van der Waals surface area (Å²) >= 11 is 0. The summed E-state index contributed by atoms with van der Waals surface area (Å²) in [6.45, 7) is 4.06. The molecule has 1 unspecified atom stereocenters. The van der Waals surface area contributed by atoms with E-state index >= 15 is 0 Å². The van der Waals surface area contributed by atoms with Gasteiger partial charge in [0.15, 0.2) is 0 Å². The lowest BCUT2D eigenvalue weighted by molar-refractivity contribution is 0.266. The van der Waals surface area contributed by atoms with E-state index in [1.54, 1.807) is 22.5 Å². The SMILES string of the molecule is CCCN(C1CCCNC1)S(=O)(=O)c1ccccc1C#N. The minimum absolute atomic E-state index is 0.0320. The van der Waals surface area contributed by atoms with Crippen LogP contribution in [0.2, 0.25) is 0 Å². The first-order valence-electron chi connectivity index (χ1n) is 7.33. The number of sulfonamides is 1. The van der Waals surface area contributed by atoms with E-state index in [-0.39, 0.29) is 16.5 Å². The molecular formula is C15H21N3O2S. The standard InChI is InChI=1S/C15H21N3O2S/c1-2-10-18(14-7-5-9-17-12-14)21(19,20)15-8-4-3-6-13(15)11-16/h3-4,6,8,14,17H,2,5,7,9-10,12H2,1H3. The molecule has 0 saturated carbocycles. The molecule has 1 aliphatic rings. The number of rotatable bonds is 5. The van der Waals surface area contributed by atoms with Gasteiger partial charge in [0.05, 0.1) is 10.5 Å². The first-order chi connectivity index (χ1) is 10.1. The zero-order chi connectivity index (χ0) is 15.3. The van der Waals surface area contributed by atoms with Gasteiger partial charge in [-0.25, -0.2) is 8.42 Å². The predicted molar refractivity (Wildman–Crippen MR) is 81.2 cm³/mol. The van der Waals surface area contributed by atoms with E-state index in [1.165, 1.54) is 6.07 Å². The van der Waals surface area contributed by atoms with Crippen LogP contribution in [0.1, 0.15) is 31.7 Å². The smallest absolute Gasteiger partial charge is 0.244 e. The van der Waals surface area contributed by atoms with E-state index in [4.69, 9.17) is 5.26 Å². The van der Waals surface area contributed by atoms with Crippen LogP contribution >= 0.6 is 0 Å². The Morgan fingerprint density at radius 3 is 2.81 bits per heavy atom. The maximum atomic E-state index is 12.9. The van der Waals surface area contributed by atoms with Crippen molar-refractivity contribution in [3.63, 3.8) is 0 Å². The normalized spacial score (nSPS) is 19.4. The Balaban J connectivity index is 2.40. The summed E-state index contributed by atoms with van der Waals surface area (Å²) in [4.78, 5) is 0.117. The van der Waals surface area contributed by atoms with Gasteiger partial charge >= 0.3 is 0 Å². The molecule has 1 atom stereocenters. The van der Waals surface area contributed by atoms with Crippen molar-refractivity contribution in [3.8, 4) is 6.07 Å². The Labute approximate surface area is 126 Å². The van der Waals surface area contributed by atoms with E-state index in [0.717, 1.165) is 25.8 Å². The molecule has 1 aromatic carbocycles. The minimum atomic E-state index is -3.63. The minimum Gasteiger partial charge on any atom is -0.315 e. The summed E-state index contributed by atoms with van der Waals surface area (Å²) in [7, 11) is -3.63. The van der Waals surface area contributed by atoms with Gasteiger partial charge in [-0.15, -0.1) is 0 Å². The lowest BCUT2D eigenvalue weighted by Gasteiger charge is -2.33. The zero-order valence-electron chi connectivity index (χ0n) is 12.2. The molecule has 0 amide bonds. The highest BCUT2D eigenvalue weighted by molar-refractivity contribution is 7.89. The highest BCUT2D eigenvalue weighted by atomic mass is 32.2. The van der Waals surface area contributed by atoms with Gasteiger partial charge in [0.25, 0.3) is 0 Å². The van der Waals surface area contributed by atoms with Crippen LogP contribution in [0.3, 0.4) is 0 Å². The zero-order valence-corrected chi connectivity index (χ0v) is 13.1. The van der Waals surface area contributed by atoms with E-state index in [1.807, 2.05) is 13.0 Å². The van der Waals surface area contributed by atoms with Crippen LogP contribution < -0.4 is 5.32 Å². The molecule has 1 N–H and O–H groups in total. The summed E-state index contributed by atoms with van der Waals surface area (Å²) in [6, 6.07) is 8.37. The average Bonchev–Trinajstić information content (AvgIpc) is 2.53. The first kappa shape index (κ1) is 16.0. The summed E-state index contributed by atoms with van der Waals surface area (Å²) in [5.41, 5.74) is 0.211.